The van der Waals surface area contributed by atoms with E-state index in [1.807, 2.05) is 0 Å². The fourth-order valence-corrected chi connectivity index (χ4v) is 1.72. The lowest BCUT2D eigenvalue weighted by Crippen LogP contribution is -2.28. The van der Waals surface area contributed by atoms with Crippen molar-refractivity contribution in [1.29, 1.82) is 0 Å². The fraction of sp³-hybridized carbons (Fsp3) is 0.643. The first-order chi connectivity index (χ1) is 9.67. The molecule has 1 heterocycles. The Morgan fingerprint density at radius 2 is 2.10 bits per heavy atom. The monoisotopic (exact) mass is 280 g/mol. The van der Waals surface area contributed by atoms with Crippen LogP contribution in [0.4, 0.5) is 5.82 Å². The maximum absolute atomic E-state index is 11.9. The zero-order valence-electron chi connectivity index (χ0n) is 12.5. The van der Waals surface area contributed by atoms with E-state index in [0.29, 0.717) is 30.5 Å². The number of aromatic nitrogens is 2. The van der Waals surface area contributed by atoms with Crippen LogP contribution in [0.2, 0.25) is 0 Å². The fourth-order valence-electron chi connectivity index (χ4n) is 1.72. The van der Waals surface area contributed by atoms with E-state index < -0.39 is 0 Å². The molecule has 0 saturated heterocycles. The SMILES string of the molecule is CCCCCNc1cc(C(=O)NCCOC)nc(C)n1. The molecule has 112 valence electrons. The van der Waals surface area contributed by atoms with Crippen LogP contribution in [0.25, 0.3) is 0 Å². The van der Waals surface area contributed by atoms with Crippen molar-refractivity contribution in [2.45, 2.75) is 33.1 Å². The minimum atomic E-state index is -0.204. The van der Waals surface area contributed by atoms with Crippen molar-refractivity contribution in [2.24, 2.45) is 0 Å². The number of hydrogen-bond acceptors (Lipinski definition) is 5. The van der Waals surface area contributed by atoms with Gasteiger partial charge in [0.25, 0.3) is 5.91 Å². The van der Waals surface area contributed by atoms with Crippen LogP contribution in [-0.4, -0.2) is 42.7 Å². The summed E-state index contributed by atoms with van der Waals surface area (Å²) in [6, 6.07) is 1.68. The van der Waals surface area contributed by atoms with Crippen LogP contribution in [0.3, 0.4) is 0 Å². The second-order valence-electron chi connectivity index (χ2n) is 4.57. The van der Waals surface area contributed by atoms with Gasteiger partial charge in [0.05, 0.1) is 6.61 Å². The normalized spacial score (nSPS) is 10.3. The number of anilines is 1. The molecule has 1 aromatic heterocycles. The minimum Gasteiger partial charge on any atom is -0.383 e. The van der Waals surface area contributed by atoms with Gasteiger partial charge < -0.3 is 15.4 Å². The molecule has 0 radical (unpaired) electrons. The summed E-state index contributed by atoms with van der Waals surface area (Å²) in [6.07, 6.45) is 3.45. The zero-order chi connectivity index (χ0) is 14.8. The Bertz CT molecular complexity index is 424. The molecule has 0 bridgehead atoms. The average Bonchev–Trinajstić information content (AvgIpc) is 2.43. The lowest BCUT2D eigenvalue weighted by molar-refractivity contribution is 0.0932. The van der Waals surface area contributed by atoms with Gasteiger partial charge in [-0.15, -0.1) is 0 Å². The van der Waals surface area contributed by atoms with Gasteiger partial charge in [-0.1, -0.05) is 19.8 Å². The number of carbonyl (C=O) groups is 1. The van der Waals surface area contributed by atoms with Crippen LogP contribution in [0.1, 0.15) is 42.5 Å². The van der Waals surface area contributed by atoms with E-state index in [4.69, 9.17) is 4.74 Å². The van der Waals surface area contributed by atoms with E-state index in [9.17, 15) is 4.79 Å². The lowest BCUT2D eigenvalue weighted by Gasteiger charge is -2.08. The average molecular weight is 280 g/mol. The predicted octanol–water partition coefficient (Wildman–Crippen LogP) is 1.76. The Morgan fingerprint density at radius 1 is 1.30 bits per heavy atom. The second-order valence-corrected chi connectivity index (χ2v) is 4.57. The van der Waals surface area contributed by atoms with Gasteiger partial charge in [0.2, 0.25) is 0 Å². The van der Waals surface area contributed by atoms with E-state index >= 15 is 0 Å². The van der Waals surface area contributed by atoms with Crippen LogP contribution < -0.4 is 10.6 Å². The molecule has 0 atom stereocenters. The summed E-state index contributed by atoms with van der Waals surface area (Å²) in [6.45, 7) is 5.76. The summed E-state index contributed by atoms with van der Waals surface area (Å²) in [5, 5.41) is 5.98. The van der Waals surface area contributed by atoms with Gasteiger partial charge in [-0.25, -0.2) is 9.97 Å². The van der Waals surface area contributed by atoms with Gasteiger partial charge >= 0.3 is 0 Å². The third-order valence-corrected chi connectivity index (χ3v) is 2.75. The predicted molar refractivity (Wildman–Crippen MR) is 79.0 cm³/mol. The number of hydrogen-bond donors (Lipinski definition) is 2. The van der Waals surface area contributed by atoms with E-state index in [1.54, 1.807) is 20.1 Å². The number of methoxy groups -OCH3 is 1. The summed E-state index contributed by atoms with van der Waals surface area (Å²) in [5.41, 5.74) is 0.381. The van der Waals surface area contributed by atoms with Crippen LogP contribution >= 0.6 is 0 Å². The Labute approximate surface area is 120 Å². The topological polar surface area (TPSA) is 76.1 Å². The highest BCUT2D eigenvalue weighted by Gasteiger charge is 2.09. The van der Waals surface area contributed by atoms with Crippen molar-refractivity contribution in [3.05, 3.63) is 17.6 Å². The van der Waals surface area contributed by atoms with Crippen molar-refractivity contribution in [3.8, 4) is 0 Å². The van der Waals surface area contributed by atoms with Crippen molar-refractivity contribution in [2.75, 3.05) is 32.1 Å². The molecule has 6 nitrogen and oxygen atoms in total. The van der Waals surface area contributed by atoms with Crippen molar-refractivity contribution < 1.29 is 9.53 Å². The van der Waals surface area contributed by atoms with E-state index in [2.05, 4.69) is 27.5 Å². The standard InChI is InChI=1S/C14H24N4O2/c1-4-5-6-7-15-13-10-12(17-11(2)18-13)14(19)16-8-9-20-3/h10H,4-9H2,1-3H3,(H,16,19)(H,15,17,18). The summed E-state index contributed by atoms with van der Waals surface area (Å²) >= 11 is 0. The molecule has 1 aromatic rings. The highest BCUT2D eigenvalue weighted by Crippen LogP contribution is 2.07. The molecule has 0 saturated carbocycles. The van der Waals surface area contributed by atoms with Crippen molar-refractivity contribution in [1.82, 2.24) is 15.3 Å². The quantitative estimate of drug-likeness (QED) is 0.674. The van der Waals surface area contributed by atoms with Gasteiger partial charge in [0.15, 0.2) is 0 Å². The summed E-state index contributed by atoms with van der Waals surface area (Å²) in [7, 11) is 1.60. The molecule has 0 aromatic carbocycles. The molecule has 1 amide bonds. The number of ether oxygens (including phenoxy) is 1. The molecular weight excluding hydrogens is 256 g/mol. The molecule has 0 fully saturated rings. The zero-order valence-corrected chi connectivity index (χ0v) is 12.5. The lowest BCUT2D eigenvalue weighted by atomic mass is 10.2. The Morgan fingerprint density at radius 3 is 2.80 bits per heavy atom. The van der Waals surface area contributed by atoms with Gasteiger partial charge in [0.1, 0.15) is 17.3 Å². The number of rotatable bonds is 9. The number of aryl methyl sites for hydroxylation is 1. The Balaban J connectivity index is 2.58. The highest BCUT2D eigenvalue weighted by molar-refractivity contribution is 5.92. The number of nitrogens with zero attached hydrogens (tertiary/aromatic N) is 2. The Hall–Kier alpha value is -1.69. The van der Waals surface area contributed by atoms with Gasteiger partial charge in [-0.05, 0) is 13.3 Å². The van der Waals surface area contributed by atoms with Crippen LogP contribution in [0.5, 0.6) is 0 Å². The third kappa shape index (κ3) is 5.97. The number of amides is 1. The second kappa shape index (κ2) is 9.25. The minimum absolute atomic E-state index is 0.204. The smallest absolute Gasteiger partial charge is 0.270 e. The summed E-state index contributed by atoms with van der Waals surface area (Å²) in [4.78, 5) is 20.4. The highest BCUT2D eigenvalue weighted by atomic mass is 16.5. The first kappa shape index (κ1) is 16.4. The first-order valence-corrected chi connectivity index (χ1v) is 7.04. The molecule has 20 heavy (non-hydrogen) atoms. The van der Waals surface area contributed by atoms with Crippen molar-refractivity contribution >= 4 is 11.7 Å². The Kier molecular flexibility index (Phi) is 7.57. The van der Waals surface area contributed by atoms with Crippen LogP contribution in [0, 0.1) is 6.92 Å². The maximum atomic E-state index is 11.9. The van der Waals surface area contributed by atoms with Crippen molar-refractivity contribution in [3.63, 3.8) is 0 Å². The van der Waals surface area contributed by atoms with Gasteiger partial charge in [0, 0.05) is 26.3 Å². The molecule has 1 rings (SSSR count). The number of nitrogens with one attached hydrogen (secondary N) is 2. The van der Waals surface area contributed by atoms with E-state index in [-0.39, 0.29) is 5.91 Å². The molecule has 0 aliphatic heterocycles. The number of carbonyl (C=O) groups excluding carboxylic acids is 1. The van der Waals surface area contributed by atoms with Crippen LogP contribution in [-0.2, 0) is 4.74 Å². The van der Waals surface area contributed by atoms with E-state index in [1.165, 1.54) is 12.8 Å². The van der Waals surface area contributed by atoms with Crippen LogP contribution in [0.15, 0.2) is 6.07 Å². The van der Waals surface area contributed by atoms with E-state index in [0.717, 1.165) is 13.0 Å². The van der Waals surface area contributed by atoms with Gasteiger partial charge in [-0.3, -0.25) is 4.79 Å². The molecule has 6 heteroatoms. The molecule has 0 aliphatic rings. The number of unbranched alkanes of at least 4 members (excludes halogenated alkanes) is 2. The third-order valence-electron chi connectivity index (χ3n) is 2.75. The molecule has 0 spiro atoms. The first-order valence-electron chi connectivity index (χ1n) is 7.04. The largest absolute Gasteiger partial charge is 0.383 e. The molecular formula is C14H24N4O2. The molecule has 0 unspecified atom stereocenters. The summed E-state index contributed by atoms with van der Waals surface area (Å²) < 4.78 is 4.89. The summed E-state index contributed by atoms with van der Waals surface area (Å²) in [5.74, 6) is 1.08. The molecule has 2 N–H and O–H groups in total. The molecule has 0 aliphatic carbocycles. The van der Waals surface area contributed by atoms with Gasteiger partial charge in [-0.2, -0.15) is 0 Å². The maximum Gasteiger partial charge on any atom is 0.270 e.